The molecule has 118 valence electrons. The molecule has 6 nitrogen and oxygen atoms in total. The molecule has 2 rings (SSSR count). The average molecular weight is 352 g/mol. The Balaban J connectivity index is 1.87. The summed E-state index contributed by atoms with van der Waals surface area (Å²) in [5, 5.41) is 3.18. The molecule has 0 unspecified atom stereocenters. The van der Waals surface area contributed by atoms with E-state index in [2.05, 4.69) is 10.0 Å². The minimum absolute atomic E-state index is 0.120. The van der Waals surface area contributed by atoms with Gasteiger partial charge in [0.05, 0.1) is 10.9 Å². The largest absolute Gasteiger partial charge is 0.341 e. The molecule has 0 aromatic carbocycles. The molecule has 0 saturated carbocycles. The Labute approximate surface area is 133 Å². The van der Waals surface area contributed by atoms with Crippen molar-refractivity contribution in [1.82, 2.24) is 14.9 Å². The van der Waals surface area contributed by atoms with E-state index >= 15 is 0 Å². The van der Waals surface area contributed by atoms with Crippen LogP contribution in [-0.2, 0) is 14.8 Å². The van der Waals surface area contributed by atoms with E-state index in [4.69, 9.17) is 11.6 Å². The van der Waals surface area contributed by atoms with Crippen molar-refractivity contribution < 1.29 is 13.2 Å². The van der Waals surface area contributed by atoms with Crippen molar-refractivity contribution in [2.45, 2.75) is 23.1 Å². The Morgan fingerprint density at radius 3 is 2.62 bits per heavy atom. The van der Waals surface area contributed by atoms with Crippen LogP contribution in [0, 0.1) is 0 Å². The fourth-order valence-electron chi connectivity index (χ4n) is 2.20. The van der Waals surface area contributed by atoms with Gasteiger partial charge >= 0.3 is 0 Å². The van der Waals surface area contributed by atoms with E-state index in [-0.39, 0.29) is 16.7 Å². The maximum Gasteiger partial charge on any atom is 0.250 e. The zero-order valence-corrected chi connectivity index (χ0v) is 14.0. The minimum Gasteiger partial charge on any atom is -0.341 e. The van der Waals surface area contributed by atoms with E-state index < -0.39 is 10.0 Å². The van der Waals surface area contributed by atoms with Crippen LogP contribution in [-0.4, -0.2) is 51.9 Å². The van der Waals surface area contributed by atoms with E-state index in [9.17, 15) is 13.2 Å². The smallest absolute Gasteiger partial charge is 0.250 e. The second-order valence-electron chi connectivity index (χ2n) is 4.83. The van der Waals surface area contributed by atoms with Crippen LogP contribution in [0.3, 0.4) is 0 Å². The molecular formula is C12H18ClN3O3S2. The molecule has 21 heavy (non-hydrogen) atoms. The number of amides is 1. The summed E-state index contributed by atoms with van der Waals surface area (Å²) < 4.78 is 26.8. The molecule has 0 radical (unpaired) electrons. The molecule has 0 atom stereocenters. The molecule has 2 N–H and O–H groups in total. The zero-order valence-electron chi connectivity index (χ0n) is 11.6. The van der Waals surface area contributed by atoms with Crippen molar-refractivity contribution in [2.24, 2.45) is 0 Å². The lowest BCUT2D eigenvalue weighted by Gasteiger charge is -2.31. The van der Waals surface area contributed by atoms with Crippen molar-refractivity contribution in [3.8, 4) is 0 Å². The van der Waals surface area contributed by atoms with Crippen LogP contribution in [0.25, 0.3) is 0 Å². The highest BCUT2D eigenvalue weighted by molar-refractivity contribution is 7.91. The SMILES string of the molecule is CNC1CCN(C(=O)CNS(=O)(=O)c2ccc(Cl)s2)CC1. The predicted molar refractivity (Wildman–Crippen MR) is 83.2 cm³/mol. The van der Waals surface area contributed by atoms with E-state index in [1.54, 1.807) is 4.90 Å². The van der Waals surface area contributed by atoms with Crippen LogP contribution in [0.2, 0.25) is 4.34 Å². The maximum atomic E-state index is 12.0. The standard InChI is InChI=1S/C12H18ClN3O3S2/c1-14-9-4-6-16(7-5-9)11(17)8-15-21(18,19)12-3-2-10(13)20-12/h2-3,9,14-15H,4-8H2,1H3. The van der Waals surface area contributed by atoms with Gasteiger partial charge in [-0.2, -0.15) is 0 Å². The van der Waals surface area contributed by atoms with Crippen molar-refractivity contribution in [3.05, 3.63) is 16.5 Å². The van der Waals surface area contributed by atoms with Crippen LogP contribution in [0.5, 0.6) is 0 Å². The normalized spacial score (nSPS) is 17.1. The predicted octanol–water partition coefficient (Wildman–Crippen LogP) is 0.890. The molecule has 0 bridgehead atoms. The summed E-state index contributed by atoms with van der Waals surface area (Å²) >= 11 is 6.69. The molecule has 1 aromatic heterocycles. The molecule has 1 saturated heterocycles. The summed E-state index contributed by atoms with van der Waals surface area (Å²) in [6.07, 6.45) is 1.77. The summed E-state index contributed by atoms with van der Waals surface area (Å²) in [4.78, 5) is 13.7. The third kappa shape index (κ3) is 4.40. The lowest BCUT2D eigenvalue weighted by atomic mass is 10.1. The Kier molecular flexibility index (Phi) is 5.61. The number of hydrogen-bond donors (Lipinski definition) is 2. The Morgan fingerprint density at radius 1 is 1.43 bits per heavy atom. The third-order valence-electron chi connectivity index (χ3n) is 3.48. The van der Waals surface area contributed by atoms with E-state index in [0.717, 1.165) is 24.2 Å². The monoisotopic (exact) mass is 351 g/mol. The van der Waals surface area contributed by atoms with Gasteiger partial charge in [-0.05, 0) is 32.0 Å². The van der Waals surface area contributed by atoms with Gasteiger partial charge in [-0.15, -0.1) is 11.3 Å². The number of hydrogen-bond acceptors (Lipinski definition) is 5. The number of nitrogens with one attached hydrogen (secondary N) is 2. The Hall–Kier alpha value is -0.670. The van der Waals surface area contributed by atoms with Crippen LogP contribution in [0.15, 0.2) is 16.3 Å². The highest BCUT2D eigenvalue weighted by atomic mass is 35.5. The number of rotatable bonds is 5. The van der Waals surface area contributed by atoms with Crippen molar-refractivity contribution in [1.29, 1.82) is 0 Å². The zero-order chi connectivity index (χ0) is 15.5. The first kappa shape index (κ1) is 16.7. The lowest BCUT2D eigenvalue weighted by Crippen LogP contribution is -2.47. The van der Waals surface area contributed by atoms with Gasteiger partial charge in [-0.3, -0.25) is 4.79 Å². The lowest BCUT2D eigenvalue weighted by molar-refractivity contribution is -0.131. The van der Waals surface area contributed by atoms with Crippen molar-refractivity contribution >= 4 is 38.9 Å². The van der Waals surface area contributed by atoms with E-state index in [1.807, 2.05) is 7.05 Å². The van der Waals surface area contributed by atoms with Gasteiger partial charge in [-0.25, -0.2) is 13.1 Å². The number of nitrogens with zero attached hydrogens (tertiary/aromatic N) is 1. The summed E-state index contributed by atoms with van der Waals surface area (Å²) in [5.74, 6) is -0.198. The molecule has 0 aliphatic carbocycles. The number of likely N-dealkylation sites (tertiary alicyclic amines) is 1. The number of carbonyl (C=O) groups excluding carboxylic acids is 1. The number of sulfonamides is 1. The van der Waals surface area contributed by atoms with Crippen LogP contribution in [0.4, 0.5) is 0 Å². The van der Waals surface area contributed by atoms with Crippen LogP contribution >= 0.6 is 22.9 Å². The summed E-state index contributed by atoms with van der Waals surface area (Å²) in [5.41, 5.74) is 0. The van der Waals surface area contributed by atoms with Gasteiger partial charge in [0.25, 0.3) is 10.0 Å². The third-order valence-corrected chi connectivity index (χ3v) is 6.61. The first-order valence-electron chi connectivity index (χ1n) is 6.62. The van der Waals surface area contributed by atoms with Gasteiger partial charge in [0, 0.05) is 19.1 Å². The topological polar surface area (TPSA) is 78.5 Å². The van der Waals surface area contributed by atoms with Gasteiger partial charge < -0.3 is 10.2 Å². The molecule has 1 aliphatic heterocycles. The van der Waals surface area contributed by atoms with Gasteiger partial charge in [0.2, 0.25) is 5.91 Å². The summed E-state index contributed by atoms with van der Waals surface area (Å²) in [6, 6.07) is 3.38. The molecule has 9 heteroatoms. The molecule has 1 aliphatic rings. The van der Waals surface area contributed by atoms with Crippen molar-refractivity contribution in [3.63, 3.8) is 0 Å². The number of piperidine rings is 1. The van der Waals surface area contributed by atoms with Gasteiger partial charge in [0.1, 0.15) is 4.21 Å². The summed E-state index contributed by atoms with van der Waals surface area (Å²) in [7, 11) is -1.76. The second kappa shape index (κ2) is 7.06. The molecule has 1 fully saturated rings. The fourth-order valence-corrected chi connectivity index (χ4v) is 4.70. The molecular weight excluding hydrogens is 334 g/mol. The highest BCUT2D eigenvalue weighted by Crippen LogP contribution is 2.25. The molecule has 1 aromatic rings. The van der Waals surface area contributed by atoms with Crippen LogP contribution < -0.4 is 10.0 Å². The van der Waals surface area contributed by atoms with E-state index in [0.29, 0.717) is 23.5 Å². The Morgan fingerprint density at radius 2 is 2.10 bits per heavy atom. The molecule has 0 spiro atoms. The first-order chi connectivity index (χ1) is 9.92. The van der Waals surface area contributed by atoms with E-state index in [1.165, 1.54) is 12.1 Å². The first-order valence-corrected chi connectivity index (χ1v) is 9.30. The van der Waals surface area contributed by atoms with Crippen LogP contribution in [0.1, 0.15) is 12.8 Å². The second-order valence-corrected chi connectivity index (χ2v) is 8.54. The van der Waals surface area contributed by atoms with Crippen molar-refractivity contribution in [2.75, 3.05) is 26.7 Å². The maximum absolute atomic E-state index is 12.0. The molecule has 1 amide bonds. The number of halogens is 1. The minimum atomic E-state index is -3.66. The average Bonchev–Trinajstić information content (AvgIpc) is 2.92. The Bertz CT molecular complexity index is 595. The summed E-state index contributed by atoms with van der Waals surface area (Å²) in [6.45, 7) is 1.08. The quantitative estimate of drug-likeness (QED) is 0.825. The van der Waals surface area contributed by atoms with Gasteiger partial charge in [-0.1, -0.05) is 11.6 Å². The molecule has 2 heterocycles. The van der Waals surface area contributed by atoms with Gasteiger partial charge in [0.15, 0.2) is 0 Å². The fraction of sp³-hybridized carbons (Fsp3) is 0.583. The number of thiophene rings is 1. The number of carbonyl (C=O) groups is 1. The highest BCUT2D eigenvalue weighted by Gasteiger charge is 2.24.